The van der Waals surface area contributed by atoms with Crippen LogP contribution in [0.2, 0.25) is 0 Å². The predicted molar refractivity (Wildman–Crippen MR) is 240 cm³/mol. The molecule has 6 atom stereocenters. The first-order chi connectivity index (χ1) is 28.1. The van der Waals surface area contributed by atoms with Gasteiger partial charge in [0.1, 0.15) is 0 Å². The number of aromatic amines is 3. The predicted octanol–water partition coefficient (Wildman–Crippen LogP) is 11.6. The molecule has 0 aromatic carbocycles. The minimum Gasteiger partial charge on any atom is -0.345 e. The van der Waals surface area contributed by atoms with E-state index < -0.39 is 0 Å². The summed E-state index contributed by atoms with van der Waals surface area (Å²) in [4.78, 5) is 36.4. The van der Waals surface area contributed by atoms with Gasteiger partial charge in [-0.05, 0) is 74.5 Å². The van der Waals surface area contributed by atoms with Crippen molar-refractivity contribution in [3.05, 3.63) is 91.1 Å². The molecule has 0 amide bonds. The molecular formula is C46H59ClN12. The van der Waals surface area contributed by atoms with E-state index in [2.05, 4.69) is 116 Å². The number of imidazole rings is 3. The van der Waals surface area contributed by atoms with E-state index in [1.54, 1.807) is 0 Å². The number of fused-ring (bicyclic) bond motifs is 9. The Morgan fingerprint density at radius 1 is 0.458 bits per heavy atom. The highest BCUT2D eigenvalue weighted by Crippen LogP contribution is 2.44. The van der Waals surface area contributed by atoms with E-state index in [0.717, 1.165) is 68.2 Å². The number of H-pyrrole nitrogens is 3. The number of halogens is 1. The largest absolute Gasteiger partial charge is 0.345 e. The SMILES string of the molecule is C.CC[C@@H]1CCCC1c1cnc2cnc3[nH]ccc3n12.CC[C@@H]1CCCC1c1cnc2cnc3[nH]ccc3n12.CC[C@@H]1CCCC1c1cnc2cnc3[nH]ccc3n12.Cl. The topological polar surface area (TPSA) is 138 Å². The Hall–Kier alpha value is -5.23. The van der Waals surface area contributed by atoms with Crippen molar-refractivity contribution in [2.75, 3.05) is 0 Å². The first-order valence-corrected chi connectivity index (χ1v) is 21.5. The molecule has 3 aliphatic carbocycles. The third-order valence-electron chi connectivity index (χ3n) is 13.9. The Morgan fingerprint density at radius 2 is 0.763 bits per heavy atom. The summed E-state index contributed by atoms with van der Waals surface area (Å²) in [7, 11) is 0. The van der Waals surface area contributed by atoms with E-state index in [1.165, 1.54) is 94.1 Å². The van der Waals surface area contributed by atoms with Crippen LogP contribution in [-0.2, 0) is 0 Å². The Balaban J connectivity index is 0.000000121. The lowest BCUT2D eigenvalue weighted by Crippen LogP contribution is -2.08. The Kier molecular flexibility index (Phi) is 11.8. The summed E-state index contributed by atoms with van der Waals surface area (Å²) >= 11 is 0. The summed E-state index contributed by atoms with van der Waals surface area (Å²) in [6.45, 7) is 6.92. The lowest BCUT2D eigenvalue weighted by molar-refractivity contribution is 0.461. The van der Waals surface area contributed by atoms with Gasteiger partial charge in [-0.25, -0.2) is 29.9 Å². The van der Waals surface area contributed by atoms with Crippen molar-refractivity contribution in [3.63, 3.8) is 0 Å². The second-order valence-corrected chi connectivity index (χ2v) is 16.7. The summed E-state index contributed by atoms with van der Waals surface area (Å²) in [5.74, 6) is 4.38. The summed E-state index contributed by atoms with van der Waals surface area (Å²) in [6, 6.07) is 6.28. The number of hydrogen-bond donors (Lipinski definition) is 3. The van der Waals surface area contributed by atoms with Gasteiger partial charge in [-0.3, -0.25) is 13.2 Å². The average Bonchev–Trinajstić information content (AvgIpc) is 4.09. The van der Waals surface area contributed by atoms with Gasteiger partial charge in [0.2, 0.25) is 0 Å². The second kappa shape index (κ2) is 17.2. The molecule has 13 heteroatoms. The van der Waals surface area contributed by atoms with Gasteiger partial charge in [-0.1, -0.05) is 66.7 Å². The quantitative estimate of drug-likeness (QED) is 0.153. The number of hydrogen-bond acceptors (Lipinski definition) is 6. The highest BCUT2D eigenvalue weighted by molar-refractivity contribution is 5.85. The monoisotopic (exact) mass is 814 g/mol. The fourth-order valence-electron chi connectivity index (χ4n) is 11.0. The molecule has 12 rings (SSSR count). The van der Waals surface area contributed by atoms with Gasteiger partial charge in [0.15, 0.2) is 33.9 Å². The lowest BCUT2D eigenvalue weighted by atomic mass is 9.91. The van der Waals surface area contributed by atoms with Crippen molar-refractivity contribution in [1.82, 2.24) is 58.1 Å². The Morgan fingerprint density at radius 3 is 1.05 bits per heavy atom. The summed E-state index contributed by atoms with van der Waals surface area (Å²) < 4.78 is 6.87. The third-order valence-corrected chi connectivity index (χ3v) is 13.9. The summed E-state index contributed by atoms with van der Waals surface area (Å²) in [5, 5.41) is 0. The fourth-order valence-corrected chi connectivity index (χ4v) is 11.0. The fraction of sp³-hybridized carbons (Fsp3) is 0.478. The van der Waals surface area contributed by atoms with Gasteiger partial charge in [0.25, 0.3) is 0 Å². The molecule has 3 fully saturated rings. The van der Waals surface area contributed by atoms with Gasteiger partial charge in [-0.2, -0.15) is 0 Å². The number of rotatable bonds is 6. The molecule has 0 radical (unpaired) electrons. The molecule has 9 aromatic heterocycles. The van der Waals surface area contributed by atoms with Gasteiger partial charge in [0.05, 0.1) is 35.1 Å². The molecule has 0 saturated heterocycles. The Labute approximate surface area is 351 Å². The van der Waals surface area contributed by atoms with Crippen molar-refractivity contribution in [2.24, 2.45) is 17.8 Å². The maximum atomic E-state index is 4.55. The molecular weight excluding hydrogens is 756 g/mol. The number of nitrogens with one attached hydrogen (secondary N) is 3. The highest BCUT2D eigenvalue weighted by atomic mass is 35.5. The van der Waals surface area contributed by atoms with E-state index in [0.29, 0.717) is 17.8 Å². The van der Waals surface area contributed by atoms with Gasteiger partial charge in [0, 0.05) is 72.0 Å². The van der Waals surface area contributed by atoms with Crippen molar-refractivity contribution in [2.45, 2.75) is 123 Å². The normalized spacial score (nSPS) is 22.8. The molecule has 3 aliphatic rings. The van der Waals surface area contributed by atoms with Crippen molar-refractivity contribution >= 4 is 62.8 Å². The first-order valence-electron chi connectivity index (χ1n) is 21.5. The van der Waals surface area contributed by atoms with Gasteiger partial charge >= 0.3 is 0 Å². The summed E-state index contributed by atoms with van der Waals surface area (Å²) in [6.07, 6.45) is 33.4. The lowest BCUT2D eigenvalue weighted by Gasteiger charge is -2.17. The first kappa shape index (κ1) is 40.5. The molecule has 3 saturated carbocycles. The number of nitrogens with zero attached hydrogens (tertiary/aromatic N) is 9. The maximum Gasteiger partial charge on any atom is 0.156 e. The van der Waals surface area contributed by atoms with Crippen molar-refractivity contribution < 1.29 is 0 Å². The molecule has 0 bridgehead atoms. The Bertz CT molecular complexity index is 2480. The van der Waals surface area contributed by atoms with Crippen LogP contribution < -0.4 is 0 Å². The minimum atomic E-state index is 0. The van der Waals surface area contributed by atoms with E-state index in [9.17, 15) is 0 Å². The van der Waals surface area contributed by atoms with Crippen LogP contribution in [0, 0.1) is 17.8 Å². The second-order valence-electron chi connectivity index (χ2n) is 16.7. The summed E-state index contributed by atoms with van der Waals surface area (Å²) in [5.41, 5.74) is 13.2. The molecule has 3 unspecified atom stereocenters. The van der Waals surface area contributed by atoms with E-state index in [-0.39, 0.29) is 19.8 Å². The van der Waals surface area contributed by atoms with Crippen LogP contribution in [0.4, 0.5) is 0 Å². The number of aromatic nitrogens is 12. The van der Waals surface area contributed by atoms with Crippen LogP contribution in [0.3, 0.4) is 0 Å². The van der Waals surface area contributed by atoms with Crippen molar-refractivity contribution in [3.8, 4) is 0 Å². The molecule has 0 spiro atoms. The zero-order chi connectivity index (χ0) is 38.5. The van der Waals surface area contributed by atoms with Crippen LogP contribution in [0.5, 0.6) is 0 Å². The van der Waals surface area contributed by atoms with Crippen molar-refractivity contribution in [1.29, 1.82) is 0 Å². The molecule has 59 heavy (non-hydrogen) atoms. The van der Waals surface area contributed by atoms with Gasteiger partial charge in [-0.15, -0.1) is 12.4 Å². The smallest absolute Gasteiger partial charge is 0.156 e. The standard InChI is InChI=1S/3C15H18N4.CH4.ClH/c3*1-2-10-4-3-5-11(10)13-8-17-14-9-18-15-12(19(13)14)6-7-16-15;;/h3*6-11,16H,2-5H2,1H3;1H4;1H/t3*10-,11?;;/m111../s1. The van der Waals surface area contributed by atoms with Crippen LogP contribution in [0.15, 0.2) is 74.0 Å². The average molecular weight is 816 g/mol. The third kappa shape index (κ3) is 7.06. The molecule has 9 aromatic rings. The van der Waals surface area contributed by atoms with Crippen LogP contribution in [0.25, 0.3) is 50.4 Å². The van der Waals surface area contributed by atoms with E-state index >= 15 is 0 Å². The van der Waals surface area contributed by atoms with Gasteiger partial charge < -0.3 is 15.0 Å². The van der Waals surface area contributed by atoms with E-state index in [1.807, 2.05) is 37.2 Å². The molecule has 0 aliphatic heterocycles. The molecule has 3 N–H and O–H groups in total. The molecule has 9 heterocycles. The van der Waals surface area contributed by atoms with Crippen LogP contribution in [-0.4, -0.2) is 58.1 Å². The highest BCUT2D eigenvalue weighted by Gasteiger charge is 2.32. The van der Waals surface area contributed by atoms with E-state index in [4.69, 9.17) is 0 Å². The molecule has 12 nitrogen and oxygen atoms in total. The zero-order valence-electron chi connectivity index (χ0n) is 33.8. The maximum absolute atomic E-state index is 4.55. The molecule has 310 valence electrons. The van der Waals surface area contributed by atoms with Crippen LogP contribution in [0.1, 0.15) is 140 Å². The van der Waals surface area contributed by atoms with Crippen LogP contribution >= 0.6 is 12.4 Å². The minimum absolute atomic E-state index is 0. The zero-order valence-corrected chi connectivity index (χ0v) is 34.6.